The molecule has 0 atom stereocenters. The first-order valence-electron chi connectivity index (χ1n) is 5.70. The molecule has 2 nitrogen and oxygen atoms in total. The molecule has 1 N–H and O–H groups in total. The first-order chi connectivity index (χ1) is 9.11. The molecule has 1 aromatic heterocycles. The highest BCUT2D eigenvalue weighted by molar-refractivity contribution is 6.30. The molecule has 0 amide bonds. The largest absolute Gasteiger partial charge is 0.342 e. The predicted octanol–water partition coefficient (Wildman–Crippen LogP) is 4.09. The summed E-state index contributed by atoms with van der Waals surface area (Å²) in [5, 5.41) is 0.644. The molecule has 1 heterocycles. The molecule has 3 aromatic rings. The zero-order valence-corrected chi connectivity index (χ0v) is 10.5. The Balaban J connectivity index is 1.97. The number of aromatic amines is 1. The number of fused-ring (bicyclic) bond motifs is 1. The molecule has 96 valence electrons. The lowest BCUT2D eigenvalue weighted by molar-refractivity contribution is 0.510. The van der Waals surface area contributed by atoms with Gasteiger partial charge in [0.1, 0.15) is 5.82 Å². The van der Waals surface area contributed by atoms with E-state index in [1.807, 2.05) is 18.2 Å². The van der Waals surface area contributed by atoms with Gasteiger partial charge in [-0.3, -0.25) is 0 Å². The van der Waals surface area contributed by atoms with Crippen molar-refractivity contribution in [1.29, 1.82) is 0 Å². The Morgan fingerprint density at radius 1 is 1.11 bits per heavy atom. The van der Waals surface area contributed by atoms with Crippen LogP contribution in [0.1, 0.15) is 11.4 Å². The molecule has 0 radical (unpaired) electrons. The van der Waals surface area contributed by atoms with Crippen LogP contribution in [0.4, 0.5) is 8.78 Å². The van der Waals surface area contributed by atoms with E-state index in [2.05, 4.69) is 9.97 Å². The Bertz CT molecular complexity index is 713. The Morgan fingerprint density at radius 2 is 1.89 bits per heavy atom. The fraction of sp³-hybridized carbons (Fsp3) is 0.0714. The molecular formula is C14H9ClF2N2. The van der Waals surface area contributed by atoms with Gasteiger partial charge in [0.15, 0.2) is 11.6 Å². The molecule has 0 unspecified atom stereocenters. The monoisotopic (exact) mass is 278 g/mol. The van der Waals surface area contributed by atoms with Crippen LogP contribution in [0.5, 0.6) is 0 Å². The smallest absolute Gasteiger partial charge is 0.161 e. The quantitative estimate of drug-likeness (QED) is 0.751. The van der Waals surface area contributed by atoms with Crippen LogP contribution in [0.15, 0.2) is 36.4 Å². The van der Waals surface area contributed by atoms with Crippen LogP contribution in [0.25, 0.3) is 11.0 Å². The average Bonchev–Trinajstić information content (AvgIpc) is 2.71. The van der Waals surface area contributed by atoms with Gasteiger partial charge in [0.2, 0.25) is 0 Å². The normalized spacial score (nSPS) is 11.1. The topological polar surface area (TPSA) is 28.7 Å². The van der Waals surface area contributed by atoms with E-state index in [1.54, 1.807) is 6.07 Å². The number of rotatable bonds is 2. The number of nitrogens with zero attached hydrogens (tertiary/aromatic N) is 1. The van der Waals surface area contributed by atoms with E-state index in [0.717, 1.165) is 17.7 Å². The molecule has 0 aliphatic carbocycles. The Kier molecular flexibility index (Phi) is 2.95. The second-order valence-corrected chi connectivity index (χ2v) is 4.71. The van der Waals surface area contributed by atoms with Crippen molar-refractivity contribution in [1.82, 2.24) is 9.97 Å². The summed E-state index contributed by atoms with van der Waals surface area (Å²) in [5.41, 5.74) is 1.87. The third-order valence-electron chi connectivity index (χ3n) is 2.83. The fourth-order valence-electron chi connectivity index (χ4n) is 1.98. The van der Waals surface area contributed by atoms with Crippen LogP contribution in [-0.4, -0.2) is 9.97 Å². The first-order valence-corrected chi connectivity index (χ1v) is 6.08. The molecule has 19 heavy (non-hydrogen) atoms. The van der Waals surface area contributed by atoms with E-state index < -0.39 is 11.6 Å². The van der Waals surface area contributed by atoms with E-state index in [1.165, 1.54) is 0 Å². The maximum Gasteiger partial charge on any atom is 0.161 e. The molecule has 0 spiro atoms. The highest BCUT2D eigenvalue weighted by Gasteiger charge is 2.09. The van der Waals surface area contributed by atoms with E-state index >= 15 is 0 Å². The van der Waals surface area contributed by atoms with Crippen molar-refractivity contribution in [2.75, 3.05) is 0 Å². The molecule has 0 saturated heterocycles. The molecular weight excluding hydrogens is 270 g/mol. The lowest BCUT2D eigenvalue weighted by Gasteiger charge is -1.98. The van der Waals surface area contributed by atoms with Crippen LogP contribution in [0, 0.1) is 11.6 Å². The molecule has 3 rings (SSSR count). The predicted molar refractivity (Wildman–Crippen MR) is 70.3 cm³/mol. The number of aromatic nitrogens is 2. The minimum Gasteiger partial charge on any atom is -0.342 e. The van der Waals surface area contributed by atoms with Gasteiger partial charge in [-0.15, -0.1) is 0 Å². The zero-order chi connectivity index (χ0) is 13.4. The number of nitrogens with one attached hydrogen (secondary N) is 1. The number of benzene rings is 2. The fourth-order valence-corrected chi connectivity index (χ4v) is 2.19. The zero-order valence-electron chi connectivity index (χ0n) is 9.75. The third kappa shape index (κ3) is 2.44. The molecule has 0 bridgehead atoms. The van der Waals surface area contributed by atoms with E-state index in [0.29, 0.717) is 28.3 Å². The van der Waals surface area contributed by atoms with Crippen LogP contribution >= 0.6 is 11.6 Å². The number of hydrogen-bond donors (Lipinski definition) is 1. The summed E-state index contributed by atoms with van der Waals surface area (Å²) >= 11 is 5.90. The highest BCUT2D eigenvalue weighted by atomic mass is 35.5. The number of halogens is 3. The van der Waals surface area contributed by atoms with Gasteiger partial charge in [-0.05, 0) is 17.7 Å². The van der Waals surface area contributed by atoms with Gasteiger partial charge in [0, 0.05) is 23.6 Å². The third-order valence-corrected chi connectivity index (χ3v) is 3.07. The summed E-state index contributed by atoms with van der Waals surface area (Å²) in [4.78, 5) is 7.21. The maximum absolute atomic E-state index is 13.1. The van der Waals surface area contributed by atoms with Crippen LogP contribution in [-0.2, 0) is 6.42 Å². The summed E-state index contributed by atoms with van der Waals surface area (Å²) in [6, 6.07) is 9.58. The van der Waals surface area contributed by atoms with Crippen molar-refractivity contribution in [3.05, 3.63) is 64.4 Å². The summed E-state index contributed by atoms with van der Waals surface area (Å²) in [5.74, 6) is -1.14. The van der Waals surface area contributed by atoms with Gasteiger partial charge in [-0.25, -0.2) is 13.8 Å². The SMILES string of the molecule is Fc1cc2nc(Cc3cccc(Cl)c3)[nH]c2cc1F. The van der Waals surface area contributed by atoms with Crippen molar-refractivity contribution >= 4 is 22.6 Å². The van der Waals surface area contributed by atoms with Crippen molar-refractivity contribution in [2.24, 2.45) is 0 Å². The molecule has 2 aromatic carbocycles. The number of imidazole rings is 1. The van der Waals surface area contributed by atoms with Gasteiger partial charge in [-0.2, -0.15) is 0 Å². The minimum atomic E-state index is -0.895. The van der Waals surface area contributed by atoms with Crippen molar-refractivity contribution < 1.29 is 8.78 Å². The summed E-state index contributed by atoms with van der Waals surface area (Å²) in [7, 11) is 0. The van der Waals surface area contributed by atoms with Crippen molar-refractivity contribution in [3.63, 3.8) is 0 Å². The van der Waals surface area contributed by atoms with Gasteiger partial charge in [0.25, 0.3) is 0 Å². The molecule has 5 heteroatoms. The summed E-state index contributed by atoms with van der Waals surface area (Å²) in [6.07, 6.45) is 0.526. The average molecular weight is 279 g/mol. The molecule has 0 fully saturated rings. The number of H-pyrrole nitrogens is 1. The molecule has 0 aliphatic heterocycles. The molecule has 0 aliphatic rings. The van der Waals surface area contributed by atoms with Gasteiger partial charge >= 0.3 is 0 Å². The van der Waals surface area contributed by atoms with Crippen LogP contribution < -0.4 is 0 Å². The van der Waals surface area contributed by atoms with Crippen molar-refractivity contribution in [3.8, 4) is 0 Å². The Morgan fingerprint density at radius 3 is 2.68 bits per heavy atom. The van der Waals surface area contributed by atoms with Crippen LogP contribution in [0.2, 0.25) is 5.02 Å². The first kappa shape index (κ1) is 12.1. The summed E-state index contributed by atoms with van der Waals surface area (Å²) < 4.78 is 26.2. The Labute approximate surface area is 113 Å². The van der Waals surface area contributed by atoms with Gasteiger partial charge in [-0.1, -0.05) is 23.7 Å². The maximum atomic E-state index is 13.1. The van der Waals surface area contributed by atoms with E-state index in [9.17, 15) is 8.78 Å². The lowest BCUT2D eigenvalue weighted by atomic mass is 10.1. The van der Waals surface area contributed by atoms with Crippen molar-refractivity contribution in [2.45, 2.75) is 6.42 Å². The Hall–Kier alpha value is -1.94. The number of hydrogen-bond acceptors (Lipinski definition) is 1. The molecule has 0 saturated carbocycles. The second-order valence-electron chi connectivity index (χ2n) is 4.27. The van der Waals surface area contributed by atoms with Gasteiger partial charge in [0.05, 0.1) is 11.0 Å². The van der Waals surface area contributed by atoms with Crippen LogP contribution in [0.3, 0.4) is 0 Å². The van der Waals surface area contributed by atoms with Gasteiger partial charge < -0.3 is 4.98 Å². The van der Waals surface area contributed by atoms with E-state index in [4.69, 9.17) is 11.6 Å². The minimum absolute atomic E-state index is 0.413. The standard InChI is InChI=1S/C14H9ClF2N2/c15-9-3-1-2-8(4-9)5-14-18-12-6-10(16)11(17)7-13(12)19-14/h1-4,6-7H,5H2,(H,18,19). The summed E-state index contributed by atoms with van der Waals surface area (Å²) in [6.45, 7) is 0. The lowest BCUT2D eigenvalue weighted by Crippen LogP contribution is -1.90. The highest BCUT2D eigenvalue weighted by Crippen LogP contribution is 2.19. The van der Waals surface area contributed by atoms with E-state index in [-0.39, 0.29) is 0 Å². The second kappa shape index (κ2) is 4.63.